The van der Waals surface area contributed by atoms with Crippen molar-refractivity contribution in [3.05, 3.63) is 65.2 Å². The Labute approximate surface area is 175 Å². The van der Waals surface area contributed by atoms with Crippen LogP contribution in [0.1, 0.15) is 16.8 Å². The number of ether oxygens (including phenoxy) is 1. The second-order valence-electron chi connectivity index (χ2n) is 7.14. The number of carbonyl (C=O) groups excluding carboxylic acids is 1. The van der Waals surface area contributed by atoms with Crippen molar-refractivity contribution in [2.45, 2.75) is 6.42 Å². The highest BCUT2D eigenvalue weighted by atomic mass is 35.5. The number of rotatable bonds is 6. The molecule has 6 heteroatoms. The normalized spacial score (nSPS) is 14.8. The van der Waals surface area contributed by atoms with Crippen LogP contribution >= 0.6 is 11.6 Å². The molecule has 1 aliphatic rings. The molecule has 5 nitrogen and oxygen atoms in total. The molecule has 2 aromatic carbocycles. The van der Waals surface area contributed by atoms with Gasteiger partial charge in [0.2, 0.25) is 0 Å². The van der Waals surface area contributed by atoms with Gasteiger partial charge in [0.25, 0.3) is 5.91 Å². The third-order valence-electron chi connectivity index (χ3n) is 5.14. The smallest absolute Gasteiger partial charge is 0.252 e. The highest BCUT2D eigenvalue weighted by molar-refractivity contribution is 6.30. The van der Waals surface area contributed by atoms with Crippen molar-refractivity contribution in [3.8, 4) is 11.3 Å². The van der Waals surface area contributed by atoms with Gasteiger partial charge in [-0.3, -0.25) is 9.69 Å². The number of morpholine rings is 1. The molecule has 1 aliphatic heterocycles. The van der Waals surface area contributed by atoms with Crippen LogP contribution in [0.2, 0.25) is 5.02 Å². The summed E-state index contributed by atoms with van der Waals surface area (Å²) in [5.74, 6) is -0.0687. The minimum absolute atomic E-state index is 0.0687. The molecule has 29 heavy (non-hydrogen) atoms. The van der Waals surface area contributed by atoms with E-state index in [4.69, 9.17) is 21.3 Å². The molecular formula is C23H24ClN3O2. The van der Waals surface area contributed by atoms with E-state index in [-0.39, 0.29) is 5.91 Å². The van der Waals surface area contributed by atoms with Crippen molar-refractivity contribution >= 4 is 28.4 Å². The highest BCUT2D eigenvalue weighted by Gasteiger charge is 2.14. The number of para-hydroxylation sites is 1. The maximum Gasteiger partial charge on any atom is 0.252 e. The Morgan fingerprint density at radius 3 is 2.66 bits per heavy atom. The monoisotopic (exact) mass is 409 g/mol. The Bertz CT molecular complexity index is 985. The maximum atomic E-state index is 13.0. The van der Waals surface area contributed by atoms with Gasteiger partial charge in [0, 0.05) is 35.6 Å². The molecule has 0 aliphatic carbocycles. The summed E-state index contributed by atoms with van der Waals surface area (Å²) in [6.45, 7) is 5.13. The summed E-state index contributed by atoms with van der Waals surface area (Å²) >= 11 is 6.01. The van der Waals surface area contributed by atoms with E-state index >= 15 is 0 Å². The lowest BCUT2D eigenvalue weighted by Crippen LogP contribution is -2.38. The number of hydrogen-bond acceptors (Lipinski definition) is 4. The SMILES string of the molecule is O=C(NCCCN1CCOCC1)c1cc(-c2ccc(Cl)cc2)nc2ccccc12. The van der Waals surface area contributed by atoms with Crippen LogP contribution in [-0.2, 0) is 4.74 Å². The number of nitrogens with one attached hydrogen (secondary N) is 1. The van der Waals surface area contributed by atoms with E-state index in [1.165, 1.54) is 0 Å². The molecule has 0 bridgehead atoms. The van der Waals surface area contributed by atoms with E-state index in [0.717, 1.165) is 61.4 Å². The number of pyridine rings is 1. The number of nitrogens with zero attached hydrogens (tertiary/aromatic N) is 2. The van der Waals surface area contributed by atoms with Gasteiger partial charge in [-0.25, -0.2) is 4.98 Å². The predicted molar refractivity (Wildman–Crippen MR) is 116 cm³/mol. The van der Waals surface area contributed by atoms with E-state index in [9.17, 15) is 4.79 Å². The van der Waals surface area contributed by atoms with Crippen LogP contribution in [0.3, 0.4) is 0 Å². The number of carbonyl (C=O) groups is 1. The zero-order chi connectivity index (χ0) is 20.1. The molecule has 4 rings (SSSR count). The average molecular weight is 410 g/mol. The van der Waals surface area contributed by atoms with Crippen molar-refractivity contribution in [2.75, 3.05) is 39.4 Å². The number of benzene rings is 2. The fourth-order valence-electron chi connectivity index (χ4n) is 3.56. The maximum absolute atomic E-state index is 13.0. The van der Waals surface area contributed by atoms with Crippen LogP contribution in [0.25, 0.3) is 22.2 Å². The van der Waals surface area contributed by atoms with Crippen LogP contribution in [0, 0.1) is 0 Å². The molecular weight excluding hydrogens is 386 g/mol. The van der Waals surface area contributed by atoms with Gasteiger partial charge in [0.1, 0.15) is 0 Å². The van der Waals surface area contributed by atoms with Gasteiger partial charge in [-0.05, 0) is 37.2 Å². The Morgan fingerprint density at radius 2 is 1.86 bits per heavy atom. The standard InChI is InChI=1S/C23H24ClN3O2/c24-18-8-6-17(7-9-18)22-16-20(19-4-1-2-5-21(19)26-22)23(28)25-10-3-11-27-12-14-29-15-13-27/h1-2,4-9,16H,3,10-15H2,(H,25,28). The first-order valence-electron chi connectivity index (χ1n) is 9.95. The van der Waals surface area contributed by atoms with Crippen molar-refractivity contribution in [1.82, 2.24) is 15.2 Å². The molecule has 0 radical (unpaired) electrons. The summed E-state index contributed by atoms with van der Waals surface area (Å²) in [6, 6.07) is 17.1. The molecule has 0 spiro atoms. The quantitative estimate of drug-likeness (QED) is 0.625. The van der Waals surface area contributed by atoms with E-state index in [1.54, 1.807) is 0 Å². The largest absolute Gasteiger partial charge is 0.379 e. The molecule has 2 heterocycles. The number of amides is 1. The molecule has 1 saturated heterocycles. The third kappa shape index (κ3) is 4.93. The average Bonchev–Trinajstić information content (AvgIpc) is 2.77. The topological polar surface area (TPSA) is 54.5 Å². The zero-order valence-electron chi connectivity index (χ0n) is 16.2. The summed E-state index contributed by atoms with van der Waals surface area (Å²) in [4.78, 5) is 20.1. The first kappa shape index (κ1) is 19.8. The number of aromatic nitrogens is 1. The van der Waals surface area contributed by atoms with Gasteiger partial charge in [0.05, 0.1) is 30.0 Å². The number of hydrogen-bond donors (Lipinski definition) is 1. The fraction of sp³-hybridized carbons (Fsp3) is 0.304. The summed E-state index contributed by atoms with van der Waals surface area (Å²) in [6.07, 6.45) is 0.915. The lowest BCUT2D eigenvalue weighted by atomic mass is 10.0. The highest BCUT2D eigenvalue weighted by Crippen LogP contribution is 2.26. The van der Waals surface area contributed by atoms with Gasteiger partial charge in [-0.1, -0.05) is 41.9 Å². The number of halogens is 1. The lowest BCUT2D eigenvalue weighted by Gasteiger charge is -2.26. The molecule has 0 atom stereocenters. The van der Waals surface area contributed by atoms with Crippen molar-refractivity contribution < 1.29 is 9.53 Å². The first-order chi connectivity index (χ1) is 14.2. The van der Waals surface area contributed by atoms with Crippen LogP contribution in [0.5, 0.6) is 0 Å². The van der Waals surface area contributed by atoms with E-state index in [2.05, 4.69) is 10.2 Å². The molecule has 150 valence electrons. The molecule has 1 aromatic heterocycles. The molecule has 3 aromatic rings. The predicted octanol–water partition coefficient (Wildman–Crippen LogP) is 4.01. The van der Waals surface area contributed by atoms with Crippen LogP contribution in [-0.4, -0.2) is 55.2 Å². The second kappa shape index (κ2) is 9.35. The van der Waals surface area contributed by atoms with Crippen LogP contribution in [0.4, 0.5) is 0 Å². The number of fused-ring (bicyclic) bond motifs is 1. The molecule has 1 amide bonds. The summed E-state index contributed by atoms with van der Waals surface area (Å²) in [5, 5.41) is 4.60. The van der Waals surface area contributed by atoms with Crippen LogP contribution in [0.15, 0.2) is 54.6 Å². The third-order valence-corrected chi connectivity index (χ3v) is 5.39. The summed E-state index contributed by atoms with van der Waals surface area (Å²) < 4.78 is 5.37. The van der Waals surface area contributed by atoms with Gasteiger partial charge in [0.15, 0.2) is 0 Å². The lowest BCUT2D eigenvalue weighted by molar-refractivity contribution is 0.0374. The van der Waals surface area contributed by atoms with Crippen LogP contribution < -0.4 is 5.32 Å². The minimum atomic E-state index is -0.0687. The minimum Gasteiger partial charge on any atom is -0.379 e. The van der Waals surface area contributed by atoms with Gasteiger partial charge < -0.3 is 10.1 Å². The van der Waals surface area contributed by atoms with E-state index in [0.29, 0.717) is 17.1 Å². The molecule has 1 fully saturated rings. The molecule has 0 saturated carbocycles. The first-order valence-corrected chi connectivity index (χ1v) is 10.3. The molecule has 0 unspecified atom stereocenters. The van der Waals surface area contributed by atoms with Gasteiger partial charge >= 0.3 is 0 Å². The van der Waals surface area contributed by atoms with E-state index in [1.807, 2.05) is 54.6 Å². The van der Waals surface area contributed by atoms with Gasteiger partial charge in [-0.15, -0.1) is 0 Å². The zero-order valence-corrected chi connectivity index (χ0v) is 17.0. The fourth-order valence-corrected chi connectivity index (χ4v) is 3.68. The molecule has 1 N–H and O–H groups in total. The Kier molecular flexibility index (Phi) is 6.39. The summed E-state index contributed by atoms with van der Waals surface area (Å²) in [7, 11) is 0. The Morgan fingerprint density at radius 1 is 1.10 bits per heavy atom. The Balaban J connectivity index is 1.50. The van der Waals surface area contributed by atoms with Crippen molar-refractivity contribution in [3.63, 3.8) is 0 Å². The Hall–Kier alpha value is -2.47. The van der Waals surface area contributed by atoms with Gasteiger partial charge in [-0.2, -0.15) is 0 Å². The van der Waals surface area contributed by atoms with E-state index < -0.39 is 0 Å². The van der Waals surface area contributed by atoms with Crippen molar-refractivity contribution in [2.24, 2.45) is 0 Å². The summed E-state index contributed by atoms with van der Waals surface area (Å²) in [5.41, 5.74) is 3.14. The van der Waals surface area contributed by atoms with Crippen molar-refractivity contribution in [1.29, 1.82) is 0 Å². The second-order valence-corrected chi connectivity index (χ2v) is 7.58.